The maximum atomic E-state index is 11.6. The molecule has 0 aromatic carbocycles. The summed E-state index contributed by atoms with van der Waals surface area (Å²) in [5, 5.41) is 6.10. The third-order valence-electron chi connectivity index (χ3n) is 2.48. The third kappa shape index (κ3) is 4.49. The Kier molecular flexibility index (Phi) is 5.64. The summed E-state index contributed by atoms with van der Waals surface area (Å²) >= 11 is 0. The van der Waals surface area contributed by atoms with E-state index in [1.165, 1.54) is 0 Å². The van der Waals surface area contributed by atoms with Gasteiger partial charge in [-0.15, -0.1) is 0 Å². The molecule has 4 nitrogen and oxygen atoms in total. The minimum Gasteiger partial charge on any atom is -0.354 e. The van der Waals surface area contributed by atoms with E-state index in [0.717, 1.165) is 19.6 Å². The first kappa shape index (κ1) is 12.8. The summed E-state index contributed by atoms with van der Waals surface area (Å²) < 4.78 is 2.05. The molecule has 16 heavy (non-hydrogen) atoms. The largest absolute Gasteiger partial charge is 0.354 e. The predicted molar refractivity (Wildman–Crippen MR) is 65.1 cm³/mol. The topological polar surface area (TPSA) is 46.1 Å². The van der Waals surface area contributed by atoms with Crippen LogP contribution in [0.4, 0.5) is 0 Å². The molecule has 0 fully saturated rings. The van der Waals surface area contributed by atoms with Crippen LogP contribution in [0, 0.1) is 5.92 Å². The van der Waals surface area contributed by atoms with Crippen LogP contribution >= 0.6 is 0 Å². The van der Waals surface area contributed by atoms with Crippen molar-refractivity contribution in [2.45, 2.75) is 20.4 Å². The van der Waals surface area contributed by atoms with Crippen molar-refractivity contribution in [1.29, 1.82) is 0 Å². The highest BCUT2D eigenvalue weighted by Gasteiger charge is 2.10. The van der Waals surface area contributed by atoms with Crippen molar-refractivity contribution in [3.05, 3.63) is 24.5 Å². The van der Waals surface area contributed by atoms with Crippen molar-refractivity contribution in [1.82, 2.24) is 15.2 Å². The van der Waals surface area contributed by atoms with E-state index in [1.54, 1.807) is 0 Å². The second-order valence-electron chi connectivity index (χ2n) is 3.92. The first-order valence-electron chi connectivity index (χ1n) is 5.83. The molecule has 1 atom stereocenters. The van der Waals surface area contributed by atoms with Gasteiger partial charge >= 0.3 is 0 Å². The van der Waals surface area contributed by atoms with E-state index < -0.39 is 0 Å². The Hall–Kier alpha value is -1.29. The monoisotopic (exact) mass is 223 g/mol. The zero-order valence-corrected chi connectivity index (χ0v) is 10.1. The van der Waals surface area contributed by atoms with Crippen molar-refractivity contribution in [2.24, 2.45) is 5.92 Å². The lowest BCUT2D eigenvalue weighted by Crippen LogP contribution is -2.36. The minimum absolute atomic E-state index is 0.0320. The Morgan fingerprint density at radius 2 is 2.06 bits per heavy atom. The van der Waals surface area contributed by atoms with Gasteiger partial charge in [0.1, 0.15) is 0 Å². The summed E-state index contributed by atoms with van der Waals surface area (Å²) in [6, 6.07) is 3.96. The molecule has 0 bridgehead atoms. The van der Waals surface area contributed by atoms with Crippen LogP contribution in [-0.2, 0) is 11.3 Å². The molecule has 1 aromatic heterocycles. The normalized spacial score (nSPS) is 12.4. The van der Waals surface area contributed by atoms with Crippen molar-refractivity contribution < 1.29 is 4.79 Å². The molecule has 1 rings (SSSR count). The second kappa shape index (κ2) is 7.06. The Balaban J connectivity index is 2.14. The number of nitrogens with zero attached hydrogens (tertiary/aromatic N) is 1. The Labute approximate surface area is 97.0 Å². The number of carbonyl (C=O) groups is 1. The van der Waals surface area contributed by atoms with Crippen LogP contribution in [0.15, 0.2) is 24.5 Å². The Morgan fingerprint density at radius 1 is 1.38 bits per heavy atom. The molecule has 1 aromatic rings. The maximum Gasteiger partial charge on any atom is 0.224 e. The molecule has 0 radical (unpaired) electrons. The van der Waals surface area contributed by atoms with Gasteiger partial charge in [-0.2, -0.15) is 0 Å². The molecule has 1 heterocycles. The first-order chi connectivity index (χ1) is 7.74. The SMILES string of the molecule is CCNCC(C)C(=O)NCCn1cccc1. The number of hydrogen-bond acceptors (Lipinski definition) is 2. The number of hydrogen-bond donors (Lipinski definition) is 2. The van der Waals surface area contributed by atoms with E-state index in [-0.39, 0.29) is 11.8 Å². The number of aromatic nitrogens is 1. The van der Waals surface area contributed by atoms with Gasteiger partial charge in [0.15, 0.2) is 0 Å². The molecule has 0 aliphatic rings. The molecular weight excluding hydrogens is 202 g/mol. The van der Waals surface area contributed by atoms with Gasteiger partial charge in [-0.05, 0) is 18.7 Å². The van der Waals surface area contributed by atoms with Crippen LogP contribution < -0.4 is 10.6 Å². The average Bonchev–Trinajstić information content (AvgIpc) is 2.78. The van der Waals surface area contributed by atoms with E-state index in [0.29, 0.717) is 6.54 Å². The Morgan fingerprint density at radius 3 is 2.69 bits per heavy atom. The highest BCUT2D eigenvalue weighted by atomic mass is 16.1. The average molecular weight is 223 g/mol. The lowest BCUT2D eigenvalue weighted by Gasteiger charge is -2.12. The van der Waals surface area contributed by atoms with E-state index in [9.17, 15) is 4.79 Å². The second-order valence-corrected chi connectivity index (χ2v) is 3.92. The predicted octanol–water partition coefficient (Wildman–Crippen LogP) is 0.850. The van der Waals surface area contributed by atoms with Gasteiger partial charge in [-0.3, -0.25) is 4.79 Å². The fraction of sp³-hybridized carbons (Fsp3) is 0.583. The van der Waals surface area contributed by atoms with E-state index in [4.69, 9.17) is 0 Å². The molecule has 4 heteroatoms. The molecule has 0 spiro atoms. The van der Waals surface area contributed by atoms with Gasteiger partial charge < -0.3 is 15.2 Å². The summed E-state index contributed by atoms with van der Waals surface area (Å²) in [5.41, 5.74) is 0. The minimum atomic E-state index is 0.0320. The third-order valence-corrected chi connectivity index (χ3v) is 2.48. The van der Waals surface area contributed by atoms with Crippen LogP contribution in [-0.4, -0.2) is 30.1 Å². The van der Waals surface area contributed by atoms with E-state index in [2.05, 4.69) is 15.2 Å². The lowest BCUT2D eigenvalue weighted by molar-refractivity contribution is -0.124. The van der Waals surface area contributed by atoms with Crippen LogP contribution in [0.3, 0.4) is 0 Å². The first-order valence-corrected chi connectivity index (χ1v) is 5.83. The lowest BCUT2D eigenvalue weighted by atomic mass is 10.1. The van der Waals surface area contributed by atoms with Crippen LogP contribution in [0.5, 0.6) is 0 Å². The molecule has 1 amide bonds. The zero-order chi connectivity index (χ0) is 11.8. The number of amides is 1. The van der Waals surface area contributed by atoms with Gasteiger partial charge in [0.2, 0.25) is 5.91 Å². The molecule has 0 saturated carbocycles. The maximum absolute atomic E-state index is 11.6. The van der Waals surface area contributed by atoms with Crippen LogP contribution in [0.2, 0.25) is 0 Å². The van der Waals surface area contributed by atoms with Gasteiger partial charge in [-0.1, -0.05) is 13.8 Å². The van der Waals surface area contributed by atoms with E-state index >= 15 is 0 Å². The standard InChI is InChI=1S/C12H21N3O/c1-3-13-10-11(2)12(16)14-6-9-15-7-4-5-8-15/h4-5,7-8,11,13H,3,6,9-10H2,1-2H3,(H,14,16). The van der Waals surface area contributed by atoms with Crippen molar-refractivity contribution in [3.63, 3.8) is 0 Å². The molecule has 0 aliphatic heterocycles. The van der Waals surface area contributed by atoms with Gasteiger partial charge in [0.25, 0.3) is 0 Å². The zero-order valence-electron chi connectivity index (χ0n) is 10.1. The molecule has 0 saturated heterocycles. The summed E-state index contributed by atoms with van der Waals surface area (Å²) in [4.78, 5) is 11.6. The quantitative estimate of drug-likeness (QED) is 0.720. The fourth-order valence-corrected chi connectivity index (χ4v) is 1.46. The summed E-state index contributed by atoms with van der Waals surface area (Å²) in [6.45, 7) is 7.13. The molecule has 0 aliphatic carbocycles. The number of rotatable bonds is 7. The van der Waals surface area contributed by atoms with Crippen molar-refractivity contribution >= 4 is 5.91 Å². The summed E-state index contributed by atoms with van der Waals surface area (Å²) in [7, 11) is 0. The van der Waals surface area contributed by atoms with Crippen molar-refractivity contribution in [2.75, 3.05) is 19.6 Å². The van der Waals surface area contributed by atoms with Gasteiger partial charge in [0.05, 0.1) is 0 Å². The Bertz CT molecular complexity index is 295. The van der Waals surface area contributed by atoms with Gasteiger partial charge in [-0.25, -0.2) is 0 Å². The summed E-state index contributed by atoms with van der Waals surface area (Å²) in [5.74, 6) is 0.151. The van der Waals surface area contributed by atoms with Crippen LogP contribution in [0.1, 0.15) is 13.8 Å². The summed E-state index contributed by atoms with van der Waals surface area (Å²) in [6.07, 6.45) is 3.99. The van der Waals surface area contributed by atoms with Crippen LogP contribution in [0.25, 0.3) is 0 Å². The molecule has 2 N–H and O–H groups in total. The molecular formula is C12H21N3O. The van der Waals surface area contributed by atoms with E-state index in [1.807, 2.05) is 38.4 Å². The highest BCUT2D eigenvalue weighted by Crippen LogP contribution is 1.93. The molecule has 90 valence electrons. The molecule has 1 unspecified atom stereocenters. The smallest absolute Gasteiger partial charge is 0.224 e. The highest BCUT2D eigenvalue weighted by molar-refractivity contribution is 5.78. The number of carbonyl (C=O) groups excluding carboxylic acids is 1. The number of nitrogens with one attached hydrogen (secondary N) is 2. The fourth-order valence-electron chi connectivity index (χ4n) is 1.46. The van der Waals surface area contributed by atoms with Crippen molar-refractivity contribution in [3.8, 4) is 0 Å². The van der Waals surface area contributed by atoms with Gasteiger partial charge in [0, 0.05) is 37.9 Å².